The molecule has 8 heteroatoms. The highest BCUT2D eigenvalue weighted by Crippen LogP contribution is 2.47. The number of fused-ring (bicyclic) bond motifs is 3. The van der Waals surface area contributed by atoms with Crippen molar-refractivity contribution in [2.45, 2.75) is 82.9 Å². The predicted molar refractivity (Wildman–Crippen MR) is 108 cm³/mol. The number of ether oxygens (including phenoxy) is 3. The average Bonchev–Trinajstić information content (AvgIpc) is 2.62. The lowest BCUT2D eigenvalue weighted by Crippen LogP contribution is -2.47. The van der Waals surface area contributed by atoms with Crippen molar-refractivity contribution in [3.63, 3.8) is 0 Å². The zero-order valence-corrected chi connectivity index (χ0v) is 18.5. The first kappa shape index (κ1) is 22.6. The molecule has 174 valence electrons. The van der Waals surface area contributed by atoms with E-state index in [4.69, 9.17) is 14.2 Å². The van der Waals surface area contributed by atoms with E-state index in [1.54, 1.807) is 0 Å². The number of halogens is 4. The van der Waals surface area contributed by atoms with Crippen molar-refractivity contribution in [2.24, 2.45) is 5.92 Å². The Balaban J connectivity index is 1.51. The van der Waals surface area contributed by atoms with E-state index in [9.17, 15) is 13.2 Å². The Bertz CT molecular complexity index is 815. The van der Waals surface area contributed by atoms with E-state index in [1.165, 1.54) is 7.11 Å². The van der Waals surface area contributed by atoms with Crippen molar-refractivity contribution in [3.8, 4) is 11.5 Å². The highest BCUT2D eigenvalue weighted by Gasteiger charge is 2.49. The Morgan fingerprint density at radius 2 is 1.77 bits per heavy atom. The molecular weight excluding hydrogens is 414 g/mol. The third-order valence-corrected chi connectivity index (χ3v) is 6.55. The summed E-state index contributed by atoms with van der Waals surface area (Å²) in [6, 6.07) is 1.90. The van der Waals surface area contributed by atoms with Crippen LogP contribution in [0.2, 0.25) is 0 Å². The van der Waals surface area contributed by atoms with Gasteiger partial charge in [-0.25, -0.2) is 4.39 Å². The summed E-state index contributed by atoms with van der Waals surface area (Å²) >= 11 is 0. The van der Waals surface area contributed by atoms with Gasteiger partial charge in [-0.15, -0.1) is 0 Å². The summed E-state index contributed by atoms with van der Waals surface area (Å²) in [6.45, 7) is 7.65. The molecule has 1 saturated carbocycles. The monoisotopic (exact) mass is 445 g/mol. The molecule has 4 nitrogen and oxygen atoms in total. The molecule has 0 radical (unpaired) electrons. The molecule has 0 aromatic heterocycles. The molecule has 4 rings (SSSR count). The van der Waals surface area contributed by atoms with Crippen LogP contribution in [0.3, 0.4) is 0 Å². The minimum absolute atomic E-state index is 0.0509. The van der Waals surface area contributed by atoms with Gasteiger partial charge in [-0.3, -0.25) is 4.90 Å². The summed E-state index contributed by atoms with van der Waals surface area (Å²) in [4.78, 5) is 2.33. The van der Waals surface area contributed by atoms with Crippen molar-refractivity contribution in [1.29, 1.82) is 0 Å². The first-order valence-corrected chi connectivity index (χ1v) is 11.0. The molecule has 31 heavy (non-hydrogen) atoms. The Morgan fingerprint density at radius 1 is 1.06 bits per heavy atom. The molecule has 0 spiro atoms. The molecule has 2 unspecified atom stereocenters. The van der Waals surface area contributed by atoms with Gasteiger partial charge in [-0.1, -0.05) is 0 Å². The van der Waals surface area contributed by atoms with Gasteiger partial charge in [0.15, 0.2) is 17.3 Å². The third kappa shape index (κ3) is 4.65. The highest BCUT2D eigenvalue weighted by molar-refractivity contribution is 5.51. The van der Waals surface area contributed by atoms with Gasteiger partial charge in [0, 0.05) is 19.1 Å². The van der Waals surface area contributed by atoms with E-state index in [-0.39, 0.29) is 42.1 Å². The topological polar surface area (TPSA) is 30.9 Å². The molecular formula is C23H31F4NO3. The predicted octanol–water partition coefficient (Wildman–Crippen LogP) is 5.43. The third-order valence-electron chi connectivity index (χ3n) is 6.55. The number of nitrogens with zero attached hydrogens (tertiary/aromatic N) is 1. The maximum Gasteiger partial charge on any atom is 0.392 e. The molecule has 2 atom stereocenters. The van der Waals surface area contributed by atoms with E-state index in [1.807, 2.05) is 26.8 Å². The summed E-state index contributed by atoms with van der Waals surface area (Å²) in [5.41, 5.74) is 1.28. The number of rotatable bonds is 4. The van der Waals surface area contributed by atoms with Gasteiger partial charge in [0.1, 0.15) is 6.10 Å². The normalized spacial score (nSPS) is 29.0. The van der Waals surface area contributed by atoms with Crippen molar-refractivity contribution in [1.82, 2.24) is 4.90 Å². The van der Waals surface area contributed by atoms with Gasteiger partial charge in [0.05, 0.1) is 24.7 Å². The molecule has 3 aliphatic rings. The fourth-order valence-corrected chi connectivity index (χ4v) is 5.03. The summed E-state index contributed by atoms with van der Waals surface area (Å²) in [7, 11) is 1.43. The molecule has 1 aromatic carbocycles. The van der Waals surface area contributed by atoms with Gasteiger partial charge in [0.2, 0.25) is 0 Å². The van der Waals surface area contributed by atoms with Gasteiger partial charge < -0.3 is 14.2 Å². The van der Waals surface area contributed by atoms with Crippen LogP contribution in [0.5, 0.6) is 11.5 Å². The maximum atomic E-state index is 15.4. The lowest BCUT2D eigenvalue weighted by atomic mass is 9.81. The minimum Gasteiger partial charge on any atom is -0.493 e. The second kappa shape index (κ2) is 8.10. The molecule has 1 aliphatic carbocycles. The smallest absolute Gasteiger partial charge is 0.392 e. The molecule has 2 fully saturated rings. The van der Waals surface area contributed by atoms with Crippen LogP contribution in [0.15, 0.2) is 6.07 Å². The van der Waals surface area contributed by atoms with E-state index >= 15 is 4.39 Å². The van der Waals surface area contributed by atoms with Gasteiger partial charge in [-0.05, 0) is 70.1 Å². The molecule has 0 amide bonds. The first-order valence-electron chi connectivity index (χ1n) is 11.0. The van der Waals surface area contributed by atoms with Crippen molar-refractivity contribution in [3.05, 3.63) is 23.0 Å². The standard InChI is InChI=1S/C23H31F4NO3/c1-22(2,3)31-14-5-6-18-17-11-19(29-4)21(20(24)16(17)7-8-28(18)12-14)30-15-9-13(10-15)23(25,26)27/h11,13-15,18H,5-10,12H2,1-4H3. The number of hydrogen-bond donors (Lipinski definition) is 0. The average molecular weight is 445 g/mol. The summed E-state index contributed by atoms with van der Waals surface area (Å²) in [5, 5.41) is 0. The second-order valence-electron chi connectivity index (χ2n) is 9.93. The van der Waals surface area contributed by atoms with Crippen LogP contribution in [-0.2, 0) is 11.2 Å². The molecule has 2 heterocycles. The van der Waals surface area contributed by atoms with E-state index in [0.29, 0.717) is 18.5 Å². The molecule has 0 N–H and O–H groups in total. The second-order valence-corrected chi connectivity index (χ2v) is 9.93. The van der Waals surface area contributed by atoms with E-state index in [0.717, 1.165) is 24.9 Å². The zero-order chi connectivity index (χ0) is 22.6. The molecule has 1 aromatic rings. The quantitative estimate of drug-likeness (QED) is 0.579. The van der Waals surface area contributed by atoms with Crippen LogP contribution in [0.25, 0.3) is 0 Å². The van der Waals surface area contributed by atoms with Gasteiger partial charge in [0.25, 0.3) is 0 Å². The van der Waals surface area contributed by atoms with Crippen molar-refractivity contribution in [2.75, 3.05) is 20.2 Å². The minimum atomic E-state index is -4.22. The number of hydrogen-bond acceptors (Lipinski definition) is 4. The summed E-state index contributed by atoms with van der Waals surface area (Å²) < 4.78 is 71.0. The lowest BCUT2D eigenvalue weighted by Gasteiger charge is -2.45. The SMILES string of the molecule is COc1cc2c(c(F)c1OC1CC(C(F)(F)F)C1)CCN1CC(OC(C)(C)C)CCC21. The molecule has 1 saturated heterocycles. The van der Waals surface area contributed by atoms with Crippen molar-refractivity contribution >= 4 is 0 Å². The Labute approximate surface area is 180 Å². The number of piperidine rings is 1. The van der Waals surface area contributed by atoms with Crippen LogP contribution in [0.4, 0.5) is 17.6 Å². The molecule has 0 bridgehead atoms. The fourth-order valence-electron chi connectivity index (χ4n) is 5.03. The fraction of sp³-hybridized carbons (Fsp3) is 0.739. The van der Waals surface area contributed by atoms with Gasteiger partial charge >= 0.3 is 6.18 Å². The van der Waals surface area contributed by atoms with Crippen LogP contribution >= 0.6 is 0 Å². The van der Waals surface area contributed by atoms with Crippen LogP contribution < -0.4 is 9.47 Å². The van der Waals surface area contributed by atoms with E-state index in [2.05, 4.69) is 4.90 Å². The number of methoxy groups -OCH3 is 1. The Hall–Kier alpha value is -1.54. The van der Waals surface area contributed by atoms with Crippen LogP contribution in [0.1, 0.15) is 63.6 Å². The van der Waals surface area contributed by atoms with Crippen LogP contribution in [0, 0.1) is 11.7 Å². The summed E-state index contributed by atoms with van der Waals surface area (Å²) in [5.74, 6) is -1.66. The Kier molecular flexibility index (Phi) is 5.92. The maximum absolute atomic E-state index is 15.4. The van der Waals surface area contributed by atoms with Crippen LogP contribution in [-0.4, -0.2) is 49.1 Å². The highest BCUT2D eigenvalue weighted by atomic mass is 19.4. The van der Waals surface area contributed by atoms with Crippen molar-refractivity contribution < 1.29 is 31.8 Å². The number of alkyl halides is 3. The summed E-state index contributed by atoms with van der Waals surface area (Å²) in [6.07, 6.45) is -2.74. The Morgan fingerprint density at radius 3 is 2.39 bits per heavy atom. The van der Waals surface area contributed by atoms with E-state index < -0.39 is 24.0 Å². The molecule has 2 aliphatic heterocycles. The zero-order valence-electron chi connectivity index (χ0n) is 18.5. The van der Waals surface area contributed by atoms with Gasteiger partial charge in [-0.2, -0.15) is 13.2 Å². The first-order chi connectivity index (χ1) is 14.5. The number of benzene rings is 1. The lowest BCUT2D eigenvalue weighted by molar-refractivity contribution is -0.210. The largest absolute Gasteiger partial charge is 0.493 e.